The van der Waals surface area contributed by atoms with Gasteiger partial charge in [-0.15, -0.1) is 0 Å². The number of carbonyl (C=O) groups excluding carboxylic acids is 1. The van der Waals surface area contributed by atoms with Crippen LogP contribution in [0.4, 0.5) is 11.4 Å². The minimum atomic E-state index is -0.436. The third-order valence-corrected chi connectivity index (χ3v) is 3.93. The normalized spacial score (nSPS) is 10.5. The Morgan fingerprint density at radius 2 is 1.85 bits per heavy atom. The molecule has 3 aromatic rings. The molecule has 0 saturated heterocycles. The highest BCUT2D eigenvalue weighted by Crippen LogP contribution is 2.22. The Hall–Kier alpha value is -3.48. The highest BCUT2D eigenvalue weighted by molar-refractivity contribution is 5.87. The molecule has 132 valence electrons. The topological polar surface area (TPSA) is 97.2 Å². The molecule has 0 aliphatic heterocycles. The van der Waals surface area contributed by atoms with Gasteiger partial charge in [-0.25, -0.2) is 0 Å². The van der Waals surface area contributed by atoms with Gasteiger partial charge in [-0.3, -0.25) is 19.9 Å². The molecule has 0 saturated carbocycles. The lowest BCUT2D eigenvalue weighted by Crippen LogP contribution is -2.30. The van der Waals surface area contributed by atoms with E-state index in [1.54, 1.807) is 24.4 Å². The summed E-state index contributed by atoms with van der Waals surface area (Å²) in [6.07, 6.45) is 1.94. The number of anilines is 1. The Balaban J connectivity index is 1.53. The summed E-state index contributed by atoms with van der Waals surface area (Å²) in [6, 6.07) is 16.0. The fourth-order valence-electron chi connectivity index (χ4n) is 2.73. The molecule has 0 spiro atoms. The molecule has 3 rings (SSSR count). The number of para-hydroxylation sites is 3. The number of amides is 1. The highest BCUT2D eigenvalue weighted by Gasteiger charge is 2.11. The molecular weight excluding hydrogens is 332 g/mol. The zero-order chi connectivity index (χ0) is 18.4. The zero-order valence-corrected chi connectivity index (χ0v) is 14.0. The van der Waals surface area contributed by atoms with Crippen LogP contribution in [0.3, 0.4) is 0 Å². The van der Waals surface area contributed by atoms with E-state index in [1.165, 1.54) is 6.07 Å². The maximum atomic E-state index is 12.2. The van der Waals surface area contributed by atoms with Gasteiger partial charge in [0.25, 0.3) is 5.69 Å². The van der Waals surface area contributed by atoms with E-state index in [4.69, 9.17) is 0 Å². The minimum Gasteiger partial charge on any atom is -0.378 e. The first kappa shape index (κ1) is 17.3. The van der Waals surface area contributed by atoms with Gasteiger partial charge >= 0.3 is 0 Å². The molecule has 1 heterocycles. The number of nitrogens with zero attached hydrogens (tertiary/aromatic N) is 2. The first-order valence-electron chi connectivity index (χ1n) is 8.22. The number of aromatic nitrogens is 1. The Morgan fingerprint density at radius 1 is 1.04 bits per heavy atom. The standard InChI is InChI=1S/C19H18N4O3/c24-18(13-15-6-3-5-14-7-4-10-22-19(14)15)21-12-11-20-16-8-1-2-9-17(16)23(25)26/h1-10,20H,11-13H2,(H,21,24). The lowest BCUT2D eigenvalue weighted by atomic mass is 10.1. The van der Waals surface area contributed by atoms with E-state index in [-0.39, 0.29) is 18.0 Å². The number of hydrogen-bond donors (Lipinski definition) is 2. The van der Waals surface area contributed by atoms with Crippen molar-refractivity contribution in [3.05, 3.63) is 76.5 Å². The second-order valence-electron chi connectivity index (χ2n) is 5.72. The molecule has 7 nitrogen and oxygen atoms in total. The van der Waals surface area contributed by atoms with E-state index in [0.717, 1.165) is 16.5 Å². The fourth-order valence-corrected chi connectivity index (χ4v) is 2.73. The van der Waals surface area contributed by atoms with Gasteiger partial charge < -0.3 is 10.6 Å². The summed E-state index contributed by atoms with van der Waals surface area (Å²) < 4.78 is 0. The second kappa shape index (κ2) is 8.06. The first-order valence-corrected chi connectivity index (χ1v) is 8.22. The molecule has 0 aliphatic carbocycles. The number of nitro groups is 1. The van der Waals surface area contributed by atoms with Gasteiger partial charge in [0.2, 0.25) is 5.91 Å². The van der Waals surface area contributed by atoms with Crippen LogP contribution in [0.5, 0.6) is 0 Å². The molecule has 0 radical (unpaired) electrons. The summed E-state index contributed by atoms with van der Waals surface area (Å²) in [5.41, 5.74) is 2.14. The van der Waals surface area contributed by atoms with Crippen LogP contribution < -0.4 is 10.6 Å². The van der Waals surface area contributed by atoms with Crippen molar-refractivity contribution >= 4 is 28.2 Å². The molecule has 26 heavy (non-hydrogen) atoms. The summed E-state index contributed by atoms with van der Waals surface area (Å²) in [4.78, 5) is 27.0. The van der Waals surface area contributed by atoms with Crippen LogP contribution in [0.25, 0.3) is 10.9 Å². The number of benzene rings is 2. The monoisotopic (exact) mass is 350 g/mol. The molecule has 0 aliphatic rings. The van der Waals surface area contributed by atoms with Crippen LogP contribution in [0.15, 0.2) is 60.8 Å². The lowest BCUT2D eigenvalue weighted by Gasteiger charge is -2.09. The molecule has 7 heteroatoms. The van der Waals surface area contributed by atoms with Gasteiger partial charge in [-0.2, -0.15) is 0 Å². The van der Waals surface area contributed by atoms with Crippen LogP contribution >= 0.6 is 0 Å². The predicted octanol–water partition coefficient (Wildman–Crippen LogP) is 2.91. The van der Waals surface area contributed by atoms with Crippen molar-refractivity contribution < 1.29 is 9.72 Å². The fraction of sp³-hybridized carbons (Fsp3) is 0.158. The molecule has 0 bridgehead atoms. The number of fused-ring (bicyclic) bond motifs is 1. The maximum Gasteiger partial charge on any atom is 0.292 e. The highest BCUT2D eigenvalue weighted by atomic mass is 16.6. The number of pyridine rings is 1. The van der Waals surface area contributed by atoms with Crippen LogP contribution in [0, 0.1) is 10.1 Å². The van der Waals surface area contributed by atoms with Crippen LogP contribution in [-0.2, 0) is 11.2 Å². The molecule has 2 N–H and O–H groups in total. The molecular formula is C19H18N4O3. The molecule has 1 amide bonds. The Bertz CT molecular complexity index is 937. The first-order chi connectivity index (χ1) is 12.6. The van der Waals surface area contributed by atoms with Crippen molar-refractivity contribution in [2.24, 2.45) is 0 Å². The Morgan fingerprint density at radius 3 is 2.69 bits per heavy atom. The van der Waals surface area contributed by atoms with E-state index in [2.05, 4.69) is 15.6 Å². The Labute approximate surface area is 150 Å². The van der Waals surface area contributed by atoms with Crippen molar-refractivity contribution in [3.63, 3.8) is 0 Å². The number of hydrogen-bond acceptors (Lipinski definition) is 5. The van der Waals surface area contributed by atoms with E-state index < -0.39 is 4.92 Å². The predicted molar refractivity (Wildman–Crippen MR) is 100 cm³/mol. The van der Waals surface area contributed by atoms with Crippen molar-refractivity contribution in [1.29, 1.82) is 0 Å². The van der Waals surface area contributed by atoms with E-state index in [0.29, 0.717) is 18.8 Å². The third-order valence-electron chi connectivity index (χ3n) is 3.93. The Kier molecular flexibility index (Phi) is 5.38. The van der Waals surface area contributed by atoms with Gasteiger partial charge in [0.1, 0.15) is 5.69 Å². The van der Waals surface area contributed by atoms with Crippen LogP contribution in [0.2, 0.25) is 0 Å². The molecule has 0 atom stereocenters. The van der Waals surface area contributed by atoms with Crippen molar-refractivity contribution in [1.82, 2.24) is 10.3 Å². The maximum absolute atomic E-state index is 12.2. The number of nitro benzene ring substituents is 1. The van der Waals surface area contributed by atoms with Crippen LogP contribution in [0.1, 0.15) is 5.56 Å². The van der Waals surface area contributed by atoms with Gasteiger partial charge in [0.05, 0.1) is 16.9 Å². The van der Waals surface area contributed by atoms with Gasteiger partial charge in [0.15, 0.2) is 0 Å². The van der Waals surface area contributed by atoms with E-state index in [9.17, 15) is 14.9 Å². The largest absolute Gasteiger partial charge is 0.378 e. The smallest absolute Gasteiger partial charge is 0.292 e. The van der Waals surface area contributed by atoms with Crippen molar-refractivity contribution in [2.45, 2.75) is 6.42 Å². The summed E-state index contributed by atoms with van der Waals surface area (Å²) in [7, 11) is 0. The zero-order valence-electron chi connectivity index (χ0n) is 14.0. The summed E-state index contributed by atoms with van der Waals surface area (Å²) in [6.45, 7) is 0.757. The lowest BCUT2D eigenvalue weighted by molar-refractivity contribution is -0.384. The number of carbonyl (C=O) groups is 1. The third kappa shape index (κ3) is 4.13. The van der Waals surface area contributed by atoms with Gasteiger partial charge in [-0.05, 0) is 17.7 Å². The van der Waals surface area contributed by atoms with E-state index >= 15 is 0 Å². The summed E-state index contributed by atoms with van der Waals surface area (Å²) >= 11 is 0. The van der Waals surface area contributed by atoms with Gasteiger partial charge in [0, 0.05) is 30.7 Å². The minimum absolute atomic E-state index is 0.0145. The molecule has 0 fully saturated rings. The van der Waals surface area contributed by atoms with Gasteiger partial charge in [-0.1, -0.05) is 36.4 Å². The summed E-state index contributed by atoms with van der Waals surface area (Å²) in [5.74, 6) is -0.118. The summed E-state index contributed by atoms with van der Waals surface area (Å²) in [5, 5.41) is 17.7. The van der Waals surface area contributed by atoms with E-state index in [1.807, 2.05) is 30.3 Å². The number of nitrogens with one attached hydrogen (secondary N) is 2. The molecule has 0 unspecified atom stereocenters. The SMILES string of the molecule is O=C(Cc1cccc2cccnc12)NCCNc1ccccc1[N+](=O)[O-]. The molecule has 2 aromatic carbocycles. The second-order valence-corrected chi connectivity index (χ2v) is 5.72. The molecule has 1 aromatic heterocycles. The van der Waals surface area contributed by atoms with Crippen molar-refractivity contribution in [3.8, 4) is 0 Å². The van der Waals surface area contributed by atoms with Crippen molar-refractivity contribution in [2.75, 3.05) is 18.4 Å². The quantitative estimate of drug-likeness (QED) is 0.388. The average Bonchev–Trinajstić information content (AvgIpc) is 2.66. The average molecular weight is 350 g/mol. The van der Waals surface area contributed by atoms with Crippen LogP contribution in [-0.4, -0.2) is 28.9 Å². The number of rotatable bonds is 7.